The van der Waals surface area contributed by atoms with Crippen molar-refractivity contribution < 1.29 is 22.6 Å². The predicted octanol–water partition coefficient (Wildman–Crippen LogP) is 3.84. The molecule has 0 unspecified atom stereocenters. The van der Waals surface area contributed by atoms with Crippen LogP contribution in [-0.2, 0) is 10.9 Å². The van der Waals surface area contributed by atoms with Crippen LogP contribution >= 0.6 is 15.9 Å². The van der Waals surface area contributed by atoms with Gasteiger partial charge in [-0.3, -0.25) is 0 Å². The number of halogens is 4. The van der Waals surface area contributed by atoms with Crippen LogP contribution in [0.25, 0.3) is 5.76 Å². The van der Waals surface area contributed by atoms with E-state index in [1.807, 2.05) is 0 Å². The van der Waals surface area contributed by atoms with Crippen molar-refractivity contribution in [3.8, 4) is 5.75 Å². The lowest BCUT2D eigenvalue weighted by Gasteiger charge is -2.15. The maximum absolute atomic E-state index is 12.9. The summed E-state index contributed by atoms with van der Waals surface area (Å²) < 4.78 is 48.5. The summed E-state index contributed by atoms with van der Waals surface area (Å²) in [6.45, 7) is 5.30. The normalized spacial score (nSPS) is 11.2. The molecule has 0 aliphatic heterocycles. The summed E-state index contributed by atoms with van der Waals surface area (Å²) in [5, 5.41) is 0. The molecule has 0 amide bonds. The Morgan fingerprint density at radius 2 is 2.17 bits per heavy atom. The van der Waals surface area contributed by atoms with Gasteiger partial charge in [0.2, 0.25) is 0 Å². The molecule has 0 saturated carbocycles. The molecule has 0 N–H and O–H groups in total. The number of nitrogens with zero attached hydrogens (tertiary/aromatic N) is 1. The van der Waals surface area contributed by atoms with Gasteiger partial charge < -0.3 is 9.47 Å². The van der Waals surface area contributed by atoms with Crippen LogP contribution in [0.3, 0.4) is 0 Å². The third kappa shape index (κ3) is 3.63. The van der Waals surface area contributed by atoms with Crippen LogP contribution in [0.15, 0.2) is 18.8 Å². The number of alkyl halides is 4. The average Bonchev–Trinajstić information content (AvgIpc) is 2.28. The quantitative estimate of drug-likeness (QED) is 0.609. The van der Waals surface area contributed by atoms with Crippen LogP contribution in [0, 0.1) is 0 Å². The highest BCUT2D eigenvalue weighted by atomic mass is 79.9. The van der Waals surface area contributed by atoms with E-state index in [1.165, 1.54) is 6.20 Å². The van der Waals surface area contributed by atoms with E-state index in [2.05, 4.69) is 27.5 Å². The highest BCUT2D eigenvalue weighted by Gasteiger charge is 2.35. The zero-order chi connectivity index (χ0) is 13.8. The van der Waals surface area contributed by atoms with Crippen LogP contribution in [0.4, 0.5) is 13.2 Å². The SMILES string of the molecule is C=C(OCC)c1ncc(OCBr)cc1C(F)(F)F. The highest BCUT2D eigenvalue weighted by molar-refractivity contribution is 9.09. The van der Waals surface area contributed by atoms with E-state index in [1.54, 1.807) is 6.92 Å². The van der Waals surface area contributed by atoms with E-state index < -0.39 is 11.7 Å². The molecule has 7 heteroatoms. The van der Waals surface area contributed by atoms with Crippen LogP contribution in [0.1, 0.15) is 18.2 Å². The lowest BCUT2D eigenvalue weighted by Crippen LogP contribution is -2.11. The Kier molecular flexibility index (Phi) is 5.01. The Morgan fingerprint density at radius 3 is 2.67 bits per heavy atom. The van der Waals surface area contributed by atoms with Gasteiger partial charge in [0.05, 0.1) is 18.4 Å². The van der Waals surface area contributed by atoms with Crippen LogP contribution in [-0.4, -0.2) is 17.1 Å². The van der Waals surface area contributed by atoms with E-state index in [4.69, 9.17) is 9.47 Å². The standard InChI is InChI=1S/C11H11BrF3NO2/c1-3-17-7(2)10-9(11(13,14)15)4-8(5-16-10)18-6-12/h4-5H,2-3,6H2,1H3. The van der Waals surface area contributed by atoms with Crippen molar-refractivity contribution in [2.75, 3.05) is 12.1 Å². The molecule has 1 aromatic rings. The average molecular weight is 326 g/mol. The number of hydrogen-bond acceptors (Lipinski definition) is 3. The Hall–Kier alpha value is -1.24. The molecule has 0 aliphatic rings. The Labute approximate surface area is 111 Å². The van der Waals surface area contributed by atoms with Crippen LogP contribution in [0.5, 0.6) is 5.75 Å². The first-order chi connectivity index (χ1) is 8.40. The van der Waals surface area contributed by atoms with E-state index in [9.17, 15) is 13.2 Å². The van der Waals surface area contributed by atoms with Crippen molar-refractivity contribution in [1.29, 1.82) is 0 Å². The molecule has 0 saturated heterocycles. The second-order valence-corrected chi connectivity index (χ2v) is 3.63. The molecule has 1 rings (SSSR count). The molecule has 3 nitrogen and oxygen atoms in total. The fraction of sp³-hybridized carbons (Fsp3) is 0.364. The van der Waals surface area contributed by atoms with Gasteiger partial charge in [0.25, 0.3) is 0 Å². The Balaban J connectivity index is 3.21. The van der Waals surface area contributed by atoms with Crippen molar-refractivity contribution in [1.82, 2.24) is 4.98 Å². The molecule has 0 bridgehead atoms. The van der Waals surface area contributed by atoms with Crippen molar-refractivity contribution in [3.63, 3.8) is 0 Å². The first-order valence-corrected chi connectivity index (χ1v) is 6.10. The summed E-state index contributed by atoms with van der Waals surface area (Å²) in [6.07, 6.45) is -3.36. The van der Waals surface area contributed by atoms with E-state index >= 15 is 0 Å². The van der Waals surface area contributed by atoms with E-state index in [-0.39, 0.29) is 29.3 Å². The van der Waals surface area contributed by atoms with Crippen molar-refractivity contribution >= 4 is 21.7 Å². The molecule has 100 valence electrons. The van der Waals surface area contributed by atoms with Gasteiger partial charge in [-0.05, 0) is 28.9 Å². The van der Waals surface area contributed by atoms with Gasteiger partial charge in [0, 0.05) is 0 Å². The second kappa shape index (κ2) is 6.08. The molecule has 1 aromatic heterocycles. The zero-order valence-corrected chi connectivity index (χ0v) is 11.1. The predicted molar refractivity (Wildman–Crippen MR) is 64.3 cm³/mol. The highest BCUT2D eigenvalue weighted by Crippen LogP contribution is 2.35. The fourth-order valence-corrected chi connectivity index (χ4v) is 1.53. The minimum atomic E-state index is -4.55. The monoisotopic (exact) mass is 325 g/mol. The number of ether oxygens (including phenoxy) is 2. The number of hydrogen-bond donors (Lipinski definition) is 0. The maximum Gasteiger partial charge on any atom is 0.418 e. The van der Waals surface area contributed by atoms with E-state index in [0.29, 0.717) is 0 Å². The van der Waals surface area contributed by atoms with Gasteiger partial charge >= 0.3 is 6.18 Å². The van der Waals surface area contributed by atoms with Gasteiger partial charge in [-0.25, -0.2) is 4.98 Å². The molecular weight excluding hydrogens is 315 g/mol. The fourth-order valence-electron chi connectivity index (χ4n) is 1.27. The molecule has 1 heterocycles. The van der Waals surface area contributed by atoms with Crippen molar-refractivity contribution in [3.05, 3.63) is 30.1 Å². The second-order valence-electron chi connectivity index (χ2n) is 3.17. The van der Waals surface area contributed by atoms with Gasteiger partial charge in [0.1, 0.15) is 22.7 Å². The lowest BCUT2D eigenvalue weighted by atomic mass is 10.1. The smallest absolute Gasteiger partial charge is 0.418 e. The first-order valence-electron chi connectivity index (χ1n) is 4.98. The largest absolute Gasteiger partial charge is 0.492 e. The maximum atomic E-state index is 12.9. The zero-order valence-electron chi connectivity index (χ0n) is 9.55. The molecule has 18 heavy (non-hydrogen) atoms. The third-order valence-electron chi connectivity index (χ3n) is 1.97. The number of pyridine rings is 1. The molecule has 0 spiro atoms. The van der Waals surface area contributed by atoms with E-state index in [0.717, 1.165) is 6.07 Å². The van der Waals surface area contributed by atoms with Gasteiger partial charge in [-0.2, -0.15) is 13.2 Å². The minimum absolute atomic E-state index is 0.0206. The van der Waals surface area contributed by atoms with Crippen LogP contribution < -0.4 is 4.74 Å². The van der Waals surface area contributed by atoms with Gasteiger partial charge in [0.15, 0.2) is 0 Å². The minimum Gasteiger partial charge on any atom is -0.492 e. The number of aromatic nitrogens is 1. The summed E-state index contributed by atoms with van der Waals surface area (Å²) in [5.41, 5.74) is -1.18. The Bertz CT molecular complexity index is 435. The molecule has 0 radical (unpaired) electrons. The Morgan fingerprint density at radius 1 is 1.50 bits per heavy atom. The summed E-state index contributed by atoms with van der Waals surface area (Å²) in [4.78, 5) is 3.69. The summed E-state index contributed by atoms with van der Waals surface area (Å²) in [7, 11) is 0. The summed E-state index contributed by atoms with van der Waals surface area (Å²) in [6, 6.07) is 0.869. The molecular formula is C11H11BrF3NO2. The topological polar surface area (TPSA) is 31.4 Å². The van der Waals surface area contributed by atoms with Crippen molar-refractivity contribution in [2.45, 2.75) is 13.1 Å². The van der Waals surface area contributed by atoms with Crippen LogP contribution in [0.2, 0.25) is 0 Å². The molecule has 0 aliphatic carbocycles. The van der Waals surface area contributed by atoms with Gasteiger partial charge in [-0.15, -0.1) is 0 Å². The third-order valence-corrected chi connectivity index (χ3v) is 2.20. The number of rotatable bonds is 5. The van der Waals surface area contributed by atoms with Crippen molar-refractivity contribution in [2.24, 2.45) is 0 Å². The molecule has 0 aromatic carbocycles. The molecule has 0 fully saturated rings. The summed E-state index contributed by atoms with van der Waals surface area (Å²) in [5.74, 6) is -0.0949. The van der Waals surface area contributed by atoms with Gasteiger partial charge in [-0.1, -0.05) is 6.58 Å². The first kappa shape index (κ1) is 14.8. The lowest BCUT2D eigenvalue weighted by molar-refractivity contribution is -0.138. The molecule has 0 atom stereocenters. The summed E-state index contributed by atoms with van der Waals surface area (Å²) >= 11 is 2.96.